The van der Waals surface area contributed by atoms with Crippen LogP contribution < -0.4 is 10.6 Å². The zero-order valence-corrected chi connectivity index (χ0v) is 13.4. The monoisotopic (exact) mass is 287 g/mol. The van der Waals surface area contributed by atoms with E-state index in [1.165, 1.54) is 0 Å². The Hall–Kier alpha value is -1.30. The van der Waals surface area contributed by atoms with Crippen LogP contribution in [0.3, 0.4) is 0 Å². The van der Waals surface area contributed by atoms with E-state index in [0.717, 1.165) is 13.0 Å². The molecular weight excluding hydrogens is 258 g/mol. The molecule has 0 aliphatic heterocycles. The molecule has 0 aliphatic rings. The molecule has 3 N–H and O–H groups in total. The molecule has 0 heterocycles. The highest BCUT2D eigenvalue weighted by molar-refractivity contribution is 5.82. The molecule has 6 nitrogen and oxygen atoms in total. The van der Waals surface area contributed by atoms with Crippen LogP contribution in [-0.2, 0) is 4.79 Å². The molecule has 2 unspecified atom stereocenters. The number of carbonyl (C=O) groups is 2. The van der Waals surface area contributed by atoms with Gasteiger partial charge in [0, 0.05) is 12.6 Å². The molecule has 0 radical (unpaired) electrons. The van der Waals surface area contributed by atoms with Gasteiger partial charge in [-0.1, -0.05) is 27.7 Å². The summed E-state index contributed by atoms with van der Waals surface area (Å²) in [6, 6.07) is -1.28. The van der Waals surface area contributed by atoms with Gasteiger partial charge in [0.1, 0.15) is 6.04 Å². The molecular formula is C14H29N3O3. The first-order chi connectivity index (χ1) is 9.13. The van der Waals surface area contributed by atoms with E-state index in [9.17, 15) is 9.59 Å². The van der Waals surface area contributed by atoms with Crippen molar-refractivity contribution in [2.45, 2.75) is 46.2 Å². The lowest BCUT2D eigenvalue weighted by molar-refractivity contribution is -0.140. The van der Waals surface area contributed by atoms with Gasteiger partial charge in [-0.3, -0.25) is 0 Å². The van der Waals surface area contributed by atoms with Crippen molar-refractivity contribution in [3.63, 3.8) is 0 Å². The fraction of sp³-hybridized carbons (Fsp3) is 0.857. The number of aliphatic carboxylic acids is 1. The molecule has 2 atom stereocenters. The lowest BCUT2D eigenvalue weighted by Crippen LogP contribution is -2.52. The van der Waals surface area contributed by atoms with Crippen molar-refractivity contribution >= 4 is 12.0 Å². The summed E-state index contributed by atoms with van der Waals surface area (Å²) in [6.07, 6.45) is 0.852. The number of amides is 2. The van der Waals surface area contributed by atoms with E-state index >= 15 is 0 Å². The number of carbonyl (C=O) groups excluding carboxylic acids is 1. The topological polar surface area (TPSA) is 81.7 Å². The van der Waals surface area contributed by atoms with Gasteiger partial charge in [-0.25, -0.2) is 9.59 Å². The zero-order chi connectivity index (χ0) is 15.9. The largest absolute Gasteiger partial charge is 0.480 e. The Morgan fingerprint density at radius 2 is 1.65 bits per heavy atom. The average Bonchev–Trinajstić information content (AvgIpc) is 2.22. The SMILES string of the molecule is CC(C)CC(CN(C)C)NC(=O)NC(C(=O)O)C(C)C. The molecule has 0 aliphatic carbocycles. The predicted octanol–water partition coefficient (Wildman–Crippen LogP) is 1.37. The quantitative estimate of drug-likeness (QED) is 0.630. The van der Waals surface area contributed by atoms with E-state index in [-0.39, 0.29) is 12.0 Å². The highest BCUT2D eigenvalue weighted by Gasteiger charge is 2.24. The summed E-state index contributed by atoms with van der Waals surface area (Å²) < 4.78 is 0. The van der Waals surface area contributed by atoms with E-state index in [1.807, 2.05) is 19.0 Å². The van der Waals surface area contributed by atoms with Gasteiger partial charge < -0.3 is 20.6 Å². The summed E-state index contributed by atoms with van der Waals surface area (Å²) >= 11 is 0. The van der Waals surface area contributed by atoms with Crippen molar-refractivity contribution in [1.82, 2.24) is 15.5 Å². The first-order valence-electron chi connectivity index (χ1n) is 7.08. The van der Waals surface area contributed by atoms with Crippen molar-refractivity contribution in [3.05, 3.63) is 0 Å². The van der Waals surface area contributed by atoms with Crippen LogP contribution in [0.4, 0.5) is 4.79 Å². The lowest BCUT2D eigenvalue weighted by atomic mass is 10.0. The molecule has 118 valence electrons. The van der Waals surface area contributed by atoms with Crippen LogP contribution in [0.2, 0.25) is 0 Å². The number of carboxylic acid groups (broad SMARTS) is 1. The predicted molar refractivity (Wildman–Crippen MR) is 79.7 cm³/mol. The molecule has 0 bridgehead atoms. The highest BCUT2D eigenvalue weighted by atomic mass is 16.4. The minimum absolute atomic E-state index is 0.00612. The van der Waals surface area contributed by atoms with Gasteiger partial charge in [-0.15, -0.1) is 0 Å². The first kappa shape index (κ1) is 18.7. The van der Waals surface area contributed by atoms with E-state index in [1.54, 1.807) is 13.8 Å². The van der Waals surface area contributed by atoms with Crippen LogP contribution in [0, 0.1) is 11.8 Å². The van der Waals surface area contributed by atoms with Crippen molar-refractivity contribution in [2.75, 3.05) is 20.6 Å². The first-order valence-corrected chi connectivity index (χ1v) is 7.08. The molecule has 20 heavy (non-hydrogen) atoms. The van der Waals surface area contributed by atoms with Gasteiger partial charge in [0.25, 0.3) is 0 Å². The summed E-state index contributed by atoms with van der Waals surface area (Å²) in [5.74, 6) is -0.709. The van der Waals surface area contributed by atoms with E-state index in [0.29, 0.717) is 5.92 Å². The summed E-state index contributed by atoms with van der Waals surface area (Å²) in [4.78, 5) is 25.0. The van der Waals surface area contributed by atoms with E-state index < -0.39 is 18.0 Å². The molecule has 0 saturated heterocycles. The third kappa shape index (κ3) is 7.99. The van der Waals surface area contributed by atoms with Crippen molar-refractivity contribution in [1.29, 1.82) is 0 Å². The Morgan fingerprint density at radius 3 is 2.00 bits per heavy atom. The Labute approximate surface area is 121 Å². The number of nitrogens with one attached hydrogen (secondary N) is 2. The van der Waals surface area contributed by atoms with Crippen LogP contribution in [0.15, 0.2) is 0 Å². The smallest absolute Gasteiger partial charge is 0.326 e. The third-order valence-corrected chi connectivity index (χ3v) is 2.90. The minimum atomic E-state index is -1.01. The molecule has 6 heteroatoms. The van der Waals surface area contributed by atoms with Crippen molar-refractivity contribution < 1.29 is 14.7 Å². The van der Waals surface area contributed by atoms with Crippen LogP contribution in [0.5, 0.6) is 0 Å². The fourth-order valence-electron chi connectivity index (χ4n) is 2.07. The third-order valence-electron chi connectivity index (χ3n) is 2.90. The van der Waals surface area contributed by atoms with Gasteiger partial charge >= 0.3 is 12.0 Å². The Morgan fingerprint density at radius 1 is 1.10 bits per heavy atom. The molecule has 2 amide bonds. The van der Waals surface area contributed by atoms with Crippen LogP contribution in [0.25, 0.3) is 0 Å². The lowest BCUT2D eigenvalue weighted by Gasteiger charge is -2.25. The normalized spacial score (nSPS) is 14.4. The number of nitrogens with zero attached hydrogens (tertiary/aromatic N) is 1. The number of urea groups is 1. The van der Waals surface area contributed by atoms with Crippen LogP contribution in [0.1, 0.15) is 34.1 Å². The standard InChI is InChI=1S/C14H29N3O3/c1-9(2)7-11(8-17(5)6)15-14(20)16-12(10(3)4)13(18)19/h9-12H,7-8H2,1-6H3,(H,18,19)(H2,15,16,20). The molecule has 0 fully saturated rings. The molecule has 0 saturated carbocycles. The second kappa shape index (κ2) is 8.79. The second-order valence-corrected chi connectivity index (χ2v) is 6.27. The maximum atomic E-state index is 11.9. The molecule has 0 aromatic carbocycles. The van der Waals surface area contributed by atoms with Gasteiger partial charge in [-0.05, 0) is 32.4 Å². The summed E-state index contributed by atoms with van der Waals surface area (Å²) in [7, 11) is 3.89. The van der Waals surface area contributed by atoms with E-state index in [2.05, 4.69) is 24.5 Å². The second-order valence-electron chi connectivity index (χ2n) is 6.27. The highest BCUT2D eigenvalue weighted by Crippen LogP contribution is 2.06. The molecule has 0 aromatic heterocycles. The number of hydrogen-bond acceptors (Lipinski definition) is 3. The summed E-state index contributed by atoms with van der Waals surface area (Å²) in [5.41, 5.74) is 0. The maximum absolute atomic E-state index is 11.9. The molecule has 0 rings (SSSR count). The van der Waals surface area contributed by atoms with Crippen molar-refractivity contribution in [3.8, 4) is 0 Å². The van der Waals surface area contributed by atoms with Gasteiger partial charge in [0.05, 0.1) is 0 Å². The number of likely N-dealkylation sites (N-methyl/N-ethyl adjacent to an activating group) is 1. The Balaban J connectivity index is 4.54. The van der Waals surface area contributed by atoms with Crippen LogP contribution >= 0.6 is 0 Å². The zero-order valence-electron chi connectivity index (χ0n) is 13.4. The summed E-state index contributed by atoms with van der Waals surface area (Å²) in [5, 5.41) is 14.5. The van der Waals surface area contributed by atoms with Crippen LogP contribution in [-0.4, -0.2) is 54.7 Å². The Kier molecular flexibility index (Phi) is 8.22. The number of hydrogen-bond donors (Lipinski definition) is 3. The summed E-state index contributed by atoms with van der Waals surface area (Å²) in [6.45, 7) is 8.45. The van der Waals surface area contributed by atoms with Gasteiger partial charge in [0.2, 0.25) is 0 Å². The molecule has 0 aromatic rings. The minimum Gasteiger partial charge on any atom is -0.480 e. The van der Waals surface area contributed by atoms with Gasteiger partial charge in [0.15, 0.2) is 0 Å². The molecule has 0 spiro atoms. The average molecular weight is 287 g/mol. The number of rotatable bonds is 8. The Bertz CT molecular complexity index is 307. The van der Waals surface area contributed by atoms with Gasteiger partial charge in [-0.2, -0.15) is 0 Å². The fourth-order valence-corrected chi connectivity index (χ4v) is 2.07. The van der Waals surface area contributed by atoms with E-state index in [4.69, 9.17) is 5.11 Å². The maximum Gasteiger partial charge on any atom is 0.326 e. The van der Waals surface area contributed by atoms with Crippen molar-refractivity contribution in [2.24, 2.45) is 11.8 Å². The number of carboxylic acids is 1.